The summed E-state index contributed by atoms with van der Waals surface area (Å²) in [5.74, 6) is -1.14. The van der Waals surface area contributed by atoms with Gasteiger partial charge in [-0.3, -0.25) is 19.2 Å². The van der Waals surface area contributed by atoms with E-state index in [9.17, 15) is 19.2 Å². The summed E-state index contributed by atoms with van der Waals surface area (Å²) in [4.78, 5) is 56.6. The molecule has 0 unspecified atom stereocenters. The van der Waals surface area contributed by atoms with Crippen molar-refractivity contribution in [2.75, 3.05) is 32.7 Å². The van der Waals surface area contributed by atoms with Crippen LogP contribution in [0.1, 0.15) is 238 Å². The van der Waals surface area contributed by atoms with Gasteiger partial charge >= 0.3 is 0 Å². The molecule has 0 bridgehead atoms. The molecule has 92 heavy (non-hydrogen) atoms. The summed E-state index contributed by atoms with van der Waals surface area (Å²) in [6, 6.07) is 40.4. The van der Waals surface area contributed by atoms with Gasteiger partial charge in [0.25, 0.3) is 23.6 Å². The first kappa shape index (κ1) is 64.8. The first-order chi connectivity index (χ1) is 43.9. The molecule has 0 spiro atoms. The Morgan fingerprint density at radius 2 is 0.533 bits per heavy atom. The smallest absolute Gasteiger partial charge is 0.255 e. The molecule has 0 aliphatic heterocycles. The molecule has 0 atom stereocenters. The highest BCUT2D eigenvalue weighted by molar-refractivity contribution is 6.10. The number of aryl methyl sites for hydroxylation is 12. The first-order valence-electron chi connectivity index (χ1n) is 33.6. The van der Waals surface area contributed by atoms with E-state index >= 15 is 0 Å². The van der Waals surface area contributed by atoms with E-state index in [1.165, 1.54) is 46.2 Å². The summed E-state index contributed by atoms with van der Waals surface area (Å²) in [5, 5.41) is 12.8. The zero-order valence-corrected chi connectivity index (χ0v) is 56.4. The number of hydrogen-bond acceptors (Lipinski definition) is 6. The Balaban J connectivity index is 0.774. The number of benzene rings is 8. The monoisotopic (exact) mass is 1230 g/mol. The normalized spacial score (nSPS) is 15.9. The third-order valence-electron chi connectivity index (χ3n) is 21.4. The number of carbonyl (C=O) groups is 4. The molecule has 3 saturated carbocycles. The highest BCUT2D eigenvalue weighted by Gasteiger charge is 2.42. The van der Waals surface area contributed by atoms with Crippen molar-refractivity contribution in [2.24, 2.45) is 0 Å². The SMILES string of the molecule is Cc1cc(C2(c3cc(C)c(NC(=O)c4cccc(C(=O)Nc5cc(C)c(C6(c7c(C)cc(NC(=O)c8cccc(C(=O)Nc9c(C)cc(C%10(c%11cc(C)c(N)c(C)c%11)CCCCC%10)cc9C)c8)cc7C)CCCCC6)c(C)c5)c4)c(C)c3)CCCCC2)cc(C)c1N. The quantitative estimate of drug-likeness (QED) is 0.0593. The molecule has 8 aromatic rings. The second kappa shape index (κ2) is 26.1. The number of nitrogen functional groups attached to an aromatic ring is 2. The van der Waals surface area contributed by atoms with Gasteiger partial charge in [-0.1, -0.05) is 118 Å². The van der Waals surface area contributed by atoms with Crippen LogP contribution in [0, 0.1) is 83.1 Å². The van der Waals surface area contributed by atoms with Gasteiger partial charge in [-0.15, -0.1) is 0 Å². The highest BCUT2D eigenvalue weighted by Crippen LogP contribution is 2.52. The van der Waals surface area contributed by atoms with Crippen molar-refractivity contribution in [2.45, 2.75) is 196 Å². The van der Waals surface area contributed by atoms with E-state index in [0.29, 0.717) is 33.6 Å². The fourth-order valence-electron chi connectivity index (χ4n) is 16.9. The van der Waals surface area contributed by atoms with E-state index < -0.39 is 0 Å². The molecule has 0 saturated heterocycles. The average Bonchev–Trinajstić information content (AvgIpc) is 0.765. The lowest BCUT2D eigenvalue weighted by molar-refractivity contribution is 0.101. The number of nitrogens with two attached hydrogens (primary N) is 2. The van der Waals surface area contributed by atoms with Crippen LogP contribution in [0.2, 0.25) is 0 Å². The molecule has 3 aliphatic carbocycles. The average molecular weight is 1230 g/mol. The molecule has 8 N–H and O–H groups in total. The topological polar surface area (TPSA) is 168 Å². The van der Waals surface area contributed by atoms with Crippen LogP contribution in [0.3, 0.4) is 0 Å². The Bertz CT molecular complexity index is 3840. The summed E-state index contributed by atoms with van der Waals surface area (Å²) < 4.78 is 0. The van der Waals surface area contributed by atoms with Crippen molar-refractivity contribution >= 4 is 57.8 Å². The first-order valence-corrected chi connectivity index (χ1v) is 33.6. The lowest BCUT2D eigenvalue weighted by Gasteiger charge is -2.43. The zero-order valence-electron chi connectivity index (χ0n) is 56.4. The van der Waals surface area contributed by atoms with Gasteiger partial charge < -0.3 is 32.7 Å². The van der Waals surface area contributed by atoms with Gasteiger partial charge in [-0.2, -0.15) is 0 Å². The Hall–Kier alpha value is -8.76. The molecule has 0 radical (unpaired) electrons. The minimum Gasteiger partial charge on any atom is -0.398 e. The molecule has 0 aromatic heterocycles. The molecule has 3 aliphatic rings. The second-order valence-electron chi connectivity index (χ2n) is 27.9. The van der Waals surface area contributed by atoms with Gasteiger partial charge in [-0.25, -0.2) is 0 Å². The third kappa shape index (κ3) is 12.4. The molecule has 4 amide bonds. The van der Waals surface area contributed by atoms with Crippen LogP contribution < -0.4 is 32.7 Å². The number of carbonyl (C=O) groups excluding carboxylic acids is 4. The van der Waals surface area contributed by atoms with Crippen LogP contribution in [-0.2, 0) is 16.2 Å². The Morgan fingerprint density at radius 1 is 0.293 bits per heavy atom. The highest BCUT2D eigenvalue weighted by atomic mass is 16.2. The van der Waals surface area contributed by atoms with Crippen LogP contribution in [0.4, 0.5) is 34.1 Å². The number of amides is 4. The van der Waals surface area contributed by atoms with Crippen LogP contribution in [0.25, 0.3) is 0 Å². The summed E-state index contributed by atoms with van der Waals surface area (Å²) in [5.41, 5.74) is 39.1. The Labute approximate surface area is 546 Å². The van der Waals surface area contributed by atoms with Crippen molar-refractivity contribution < 1.29 is 19.2 Å². The van der Waals surface area contributed by atoms with Crippen LogP contribution in [0.5, 0.6) is 0 Å². The van der Waals surface area contributed by atoms with Crippen molar-refractivity contribution in [3.8, 4) is 0 Å². The van der Waals surface area contributed by atoms with Crippen molar-refractivity contribution in [1.29, 1.82) is 0 Å². The maximum atomic E-state index is 14.2. The minimum atomic E-state index is -0.296. The van der Waals surface area contributed by atoms with Crippen molar-refractivity contribution in [3.05, 3.63) is 244 Å². The Kier molecular flexibility index (Phi) is 18.4. The number of anilines is 6. The third-order valence-corrected chi connectivity index (χ3v) is 21.4. The zero-order chi connectivity index (χ0) is 65.6. The van der Waals surface area contributed by atoms with E-state index in [1.807, 2.05) is 0 Å². The van der Waals surface area contributed by atoms with Crippen molar-refractivity contribution in [1.82, 2.24) is 0 Å². The molecule has 476 valence electrons. The largest absolute Gasteiger partial charge is 0.398 e. The lowest BCUT2D eigenvalue weighted by Crippen LogP contribution is -2.34. The van der Waals surface area contributed by atoms with Gasteiger partial charge in [0.05, 0.1) is 0 Å². The molecular formula is C82H94N6O4. The molecule has 10 nitrogen and oxygen atoms in total. The molecule has 11 rings (SSSR count). The van der Waals surface area contributed by atoms with E-state index in [2.05, 4.69) is 177 Å². The van der Waals surface area contributed by atoms with Crippen molar-refractivity contribution in [3.63, 3.8) is 0 Å². The van der Waals surface area contributed by atoms with Gasteiger partial charge in [-0.05, 0) is 282 Å². The number of hydrogen-bond donors (Lipinski definition) is 6. The molecule has 10 heteroatoms. The fourth-order valence-corrected chi connectivity index (χ4v) is 16.9. The Morgan fingerprint density at radius 3 is 0.804 bits per heavy atom. The summed E-state index contributed by atoms with van der Waals surface area (Å²) in [6.07, 6.45) is 16.6. The predicted molar refractivity (Wildman–Crippen MR) is 381 cm³/mol. The van der Waals surface area contributed by atoms with Gasteiger partial charge in [0, 0.05) is 72.6 Å². The second-order valence-corrected chi connectivity index (χ2v) is 27.9. The van der Waals surface area contributed by atoms with E-state index in [1.54, 1.807) is 48.5 Å². The molecule has 8 aromatic carbocycles. The van der Waals surface area contributed by atoms with E-state index in [4.69, 9.17) is 11.5 Å². The maximum Gasteiger partial charge on any atom is 0.255 e. The van der Waals surface area contributed by atoms with Crippen LogP contribution in [-0.4, -0.2) is 23.6 Å². The van der Waals surface area contributed by atoms with Crippen LogP contribution in [0.15, 0.2) is 121 Å². The van der Waals surface area contributed by atoms with Gasteiger partial charge in [0.15, 0.2) is 0 Å². The standard InChI is InChI=1S/C82H94N6O4/c1-48-42-68(85-76(89)60-24-22-26-62(46-60)78(91)87-74-56(9)38-66(39-57(74)10)80(28-16-13-17-29-80)64-34-52(5)72(83)53(6)35-64)43-49(2)70(48)82(32-20-15-21-33-82)71-50(3)44-69(45-51(71)4)86-77(90)61-25-23-27-63(47-61)79(92)88-75-58(11)40-67(41-59(75)12)81(30-18-14-19-31-81)65-36-54(7)73(84)55(8)37-65/h22-27,34-47H,13-21,28-33,83-84H2,1-12H3,(H,85,89)(H,86,90)(H,87,91)(H,88,92). The fraction of sp³-hybridized carbons (Fsp3) is 0.366. The number of nitrogens with one attached hydrogen (secondary N) is 4. The molecule has 0 heterocycles. The summed E-state index contributed by atoms with van der Waals surface area (Å²) in [6.45, 7) is 25.3. The van der Waals surface area contributed by atoms with Gasteiger partial charge in [0.2, 0.25) is 0 Å². The summed E-state index contributed by atoms with van der Waals surface area (Å²) >= 11 is 0. The van der Waals surface area contributed by atoms with Crippen LogP contribution >= 0.6 is 0 Å². The minimum absolute atomic E-state index is 0.127. The van der Waals surface area contributed by atoms with E-state index in [-0.39, 0.29) is 39.9 Å². The van der Waals surface area contributed by atoms with E-state index in [0.717, 1.165) is 173 Å². The molecule has 3 fully saturated rings. The maximum absolute atomic E-state index is 14.2. The predicted octanol–water partition coefficient (Wildman–Crippen LogP) is 19.3. The summed E-state index contributed by atoms with van der Waals surface area (Å²) in [7, 11) is 0. The molecular weight excluding hydrogens is 1130 g/mol. The van der Waals surface area contributed by atoms with Gasteiger partial charge in [0.1, 0.15) is 0 Å². The lowest BCUT2D eigenvalue weighted by atomic mass is 9.61. The number of rotatable bonds is 14.